The molecule has 0 amide bonds. The van der Waals surface area contributed by atoms with Gasteiger partial charge in [-0.25, -0.2) is 0 Å². The average Bonchev–Trinajstić information content (AvgIpc) is 3.15. The van der Waals surface area contributed by atoms with Crippen LogP contribution < -0.4 is 14.2 Å². The van der Waals surface area contributed by atoms with E-state index in [2.05, 4.69) is 32.9 Å². The number of benzene rings is 2. The van der Waals surface area contributed by atoms with Crippen molar-refractivity contribution in [3.05, 3.63) is 53.1 Å². The summed E-state index contributed by atoms with van der Waals surface area (Å²) in [6.07, 6.45) is 0.763. The van der Waals surface area contributed by atoms with Crippen molar-refractivity contribution in [2.24, 2.45) is 5.92 Å². The van der Waals surface area contributed by atoms with Crippen LogP contribution in [0, 0.1) is 5.92 Å². The maximum absolute atomic E-state index is 11.2. The Bertz CT molecular complexity index is 997. The number of hydrogen-bond acceptors (Lipinski definition) is 5. The number of carboxylic acids is 1. The highest BCUT2D eigenvalue weighted by Gasteiger charge is 2.50. The molecule has 0 aliphatic carbocycles. The molecule has 5 rings (SSSR count). The summed E-state index contributed by atoms with van der Waals surface area (Å²) in [5.74, 6) is 1.84. The van der Waals surface area contributed by atoms with Crippen LogP contribution in [0.4, 0.5) is 0 Å². The third-order valence-electron chi connectivity index (χ3n) is 6.63. The summed E-state index contributed by atoms with van der Waals surface area (Å²) in [4.78, 5) is 11.2. The highest BCUT2D eigenvalue weighted by atomic mass is 16.7. The summed E-state index contributed by atoms with van der Waals surface area (Å²) in [7, 11) is 0. The Morgan fingerprint density at radius 3 is 2.67 bits per heavy atom. The summed E-state index contributed by atoms with van der Waals surface area (Å²) in [5, 5.41) is 9.17. The van der Waals surface area contributed by atoms with Gasteiger partial charge in [0.15, 0.2) is 11.5 Å². The second kappa shape index (κ2) is 6.91. The van der Waals surface area contributed by atoms with E-state index in [4.69, 9.17) is 18.9 Å². The van der Waals surface area contributed by atoms with Crippen molar-refractivity contribution >= 4 is 5.97 Å². The van der Waals surface area contributed by atoms with Crippen LogP contribution in [0.1, 0.15) is 55.9 Å². The molecular formula is C24H26O6. The Morgan fingerprint density at radius 1 is 1.10 bits per heavy atom. The van der Waals surface area contributed by atoms with Crippen molar-refractivity contribution in [2.45, 2.75) is 57.3 Å². The summed E-state index contributed by atoms with van der Waals surface area (Å²) < 4.78 is 24.0. The Balaban J connectivity index is 1.48. The third-order valence-corrected chi connectivity index (χ3v) is 6.63. The molecule has 3 aliphatic heterocycles. The Hall–Kier alpha value is -2.73. The van der Waals surface area contributed by atoms with Crippen molar-refractivity contribution in [1.82, 2.24) is 0 Å². The van der Waals surface area contributed by atoms with E-state index in [9.17, 15) is 9.90 Å². The first kappa shape index (κ1) is 19.2. The molecule has 0 spiro atoms. The zero-order chi connectivity index (χ0) is 21.0. The molecule has 3 heterocycles. The van der Waals surface area contributed by atoms with E-state index in [-0.39, 0.29) is 37.3 Å². The molecule has 6 heteroatoms. The first-order chi connectivity index (χ1) is 14.3. The number of carbonyl (C=O) groups is 1. The first-order valence-corrected chi connectivity index (χ1v) is 10.4. The van der Waals surface area contributed by atoms with E-state index in [0.29, 0.717) is 0 Å². The van der Waals surface area contributed by atoms with Crippen molar-refractivity contribution in [3.8, 4) is 17.2 Å². The Kier molecular flexibility index (Phi) is 4.43. The molecule has 0 saturated carbocycles. The van der Waals surface area contributed by atoms with E-state index in [0.717, 1.165) is 34.8 Å². The zero-order valence-corrected chi connectivity index (χ0v) is 17.4. The lowest BCUT2D eigenvalue weighted by Gasteiger charge is -2.50. The maximum Gasteiger partial charge on any atom is 0.307 e. The van der Waals surface area contributed by atoms with Gasteiger partial charge in [-0.3, -0.25) is 4.79 Å². The van der Waals surface area contributed by atoms with E-state index in [1.54, 1.807) is 0 Å². The maximum atomic E-state index is 11.2. The lowest BCUT2D eigenvalue weighted by atomic mass is 9.70. The molecule has 1 N–H and O–H groups in total. The average molecular weight is 410 g/mol. The molecule has 30 heavy (non-hydrogen) atoms. The van der Waals surface area contributed by atoms with Gasteiger partial charge in [-0.2, -0.15) is 0 Å². The van der Waals surface area contributed by atoms with Gasteiger partial charge in [0.2, 0.25) is 6.79 Å². The summed E-state index contributed by atoms with van der Waals surface area (Å²) >= 11 is 0. The SMILES string of the molecule is C[C@@H]1O[C@@H]2c3cc(CC(=O)O)ccc3OC(C)(C)[C@H]2C[C@@H]1c1ccc2c(c1)OCO2. The number of rotatable bonds is 3. The molecule has 158 valence electrons. The van der Waals surface area contributed by atoms with Gasteiger partial charge in [0.05, 0.1) is 18.6 Å². The summed E-state index contributed by atoms with van der Waals surface area (Å²) in [6.45, 7) is 6.58. The zero-order valence-electron chi connectivity index (χ0n) is 17.4. The molecule has 1 saturated heterocycles. The van der Waals surface area contributed by atoms with Crippen molar-refractivity contribution in [1.29, 1.82) is 0 Å². The highest BCUT2D eigenvalue weighted by Crippen LogP contribution is 2.54. The van der Waals surface area contributed by atoms with Crippen LogP contribution >= 0.6 is 0 Å². The Labute approximate surface area is 175 Å². The van der Waals surface area contributed by atoms with Crippen LogP contribution in [0.2, 0.25) is 0 Å². The van der Waals surface area contributed by atoms with Crippen LogP contribution in [0.5, 0.6) is 17.2 Å². The minimum atomic E-state index is -0.843. The van der Waals surface area contributed by atoms with Gasteiger partial charge in [-0.05, 0) is 62.6 Å². The lowest BCUT2D eigenvalue weighted by molar-refractivity contribution is -0.153. The number of ether oxygens (including phenoxy) is 4. The molecular weight excluding hydrogens is 384 g/mol. The van der Waals surface area contributed by atoms with Gasteiger partial charge in [0.25, 0.3) is 0 Å². The van der Waals surface area contributed by atoms with Crippen molar-refractivity contribution in [2.75, 3.05) is 6.79 Å². The smallest absolute Gasteiger partial charge is 0.307 e. The number of aliphatic carboxylic acids is 1. The fraction of sp³-hybridized carbons (Fsp3) is 0.458. The largest absolute Gasteiger partial charge is 0.487 e. The lowest BCUT2D eigenvalue weighted by Crippen LogP contribution is -2.50. The molecule has 1 fully saturated rings. The van der Waals surface area contributed by atoms with Gasteiger partial charge in [0.1, 0.15) is 11.4 Å². The fourth-order valence-corrected chi connectivity index (χ4v) is 5.06. The van der Waals surface area contributed by atoms with E-state index >= 15 is 0 Å². The molecule has 6 nitrogen and oxygen atoms in total. The summed E-state index contributed by atoms with van der Waals surface area (Å²) in [6, 6.07) is 11.8. The molecule has 3 aliphatic rings. The minimum Gasteiger partial charge on any atom is -0.487 e. The van der Waals surface area contributed by atoms with Gasteiger partial charge in [-0.15, -0.1) is 0 Å². The number of fused-ring (bicyclic) bond motifs is 4. The van der Waals surface area contributed by atoms with E-state index < -0.39 is 11.6 Å². The van der Waals surface area contributed by atoms with Crippen LogP contribution in [0.3, 0.4) is 0 Å². The van der Waals surface area contributed by atoms with Crippen LogP contribution in [-0.2, 0) is 16.0 Å². The topological polar surface area (TPSA) is 74.2 Å². The van der Waals surface area contributed by atoms with Gasteiger partial charge in [0, 0.05) is 17.4 Å². The van der Waals surface area contributed by atoms with Gasteiger partial charge in [-0.1, -0.05) is 12.1 Å². The predicted molar refractivity (Wildman–Crippen MR) is 109 cm³/mol. The van der Waals surface area contributed by atoms with Crippen LogP contribution in [-0.4, -0.2) is 29.6 Å². The first-order valence-electron chi connectivity index (χ1n) is 10.4. The molecule has 4 atom stereocenters. The molecule has 0 unspecified atom stereocenters. The van der Waals surface area contributed by atoms with Gasteiger partial charge < -0.3 is 24.1 Å². The normalized spacial score (nSPS) is 28.2. The van der Waals surface area contributed by atoms with E-state index in [1.807, 2.05) is 24.3 Å². The van der Waals surface area contributed by atoms with Crippen LogP contribution in [0.15, 0.2) is 36.4 Å². The quantitative estimate of drug-likeness (QED) is 0.805. The summed E-state index contributed by atoms with van der Waals surface area (Å²) in [5.41, 5.74) is 2.48. The number of hydrogen-bond donors (Lipinski definition) is 1. The molecule has 2 aromatic rings. The minimum absolute atomic E-state index is 0.00324. The fourth-order valence-electron chi connectivity index (χ4n) is 5.06. The Morgan fingerprint density at radius 2 is 1.87 bits per heavy atom. The highest BCUT2D eigenvalue weighted by molar-refractivity contribution is 5.70. The second-order valence-electron chi connectivity index (χ2n) is 8.97. The second-order valence-corrected chi connectivity index (χ2v) is 8.97. The molecule has 0 radical (unpaired) electrons. The van der Waals surface area contributed by atoms with Crippen LogP contribution in [0.25, 0.3) is 0 Å². The van der Waals surface area contributed by atoms with E-state index in [1.165, 1.54) is 5.56 Å². The third kappa shape index (κ3) is 3.19. The standard InChI is InChI=1S/C24H26O6/c1-13-16(15-5-7-20-21(10-15)28-12-27-20)11-18-23(29-13)17-8-14(9-22(25)26)4-6-19(17)30-24(18,2)3/h4-8,10,13,16,18,23H,9,11-12H2,1-3H3,(H,25,26)/t13-,16-,18-,23+/m0/s1. The molecule has 0 aromatic heterocycles. The monoisotopic (exact) mass is 410 g/mol. The van der Waals surface area contributed by atoms with Crippen molar-refractivity contribution < 1.29 is 28.8 Å². The van der Waals surface area contributed by atoms with Gasteiger partial charge >= 0.3 is 5.97 Å². The molecule has 0 bridgehead atoms. The van der Waals surface area contributed by atoms with Crippen molar-refractivity contribution in [3.63, 3.8) is 0 Å². The number of carboxylic acid groups (broad SMARTS) is 1. The predicted octanol–water partition coefficient (Wildman–Crippen LogP) is 4.46. The molecule has 2 aromatic carbocycles.